The van der Waals surface area contributed by atoms with E-state index in [-0.39, 0.29) is 5.82 Å². The van der Waals surface area contributed by atoms with Crippen LogP contribution >= 0.6 is 0 Å². The average Bonchev–Trinajstić information content (AvgIpc) is 2.10. The van der Waals surface area contributed by atoms with Crippen LogP contribution in [0.15, 0.2) is 18.2 Å². The zero-order valence-electron chi connectivity index (χ0n) is 8.76. The summed E-state index contributed by atoms with van der Waals surface area (Å²) in [7, 11) is 2.01. The maximum absolute atomic E-state index is 12.8. The van der Waals surface area contributed by atoms with Crippen LogP contribution < -0.4 is 5.73 Å². The summed E-state index contributed by atoms with van der Waals surface area (Å²) in [6.45, 7) is 4.26. The number of nitrogens with zero attached hydrogens (tertiary/aromatic N) is 1. The van der Waals surface area contributed by atoms with Crippen LogP contribution in [0.25, 0.3) is 0 Å². The minimum absolute atomic E-state index is 0.173. The molecule has 0 aliphatic rings. The van der Waals surface area contributed by atoms with E-state index in [0.717, 1.165) is 24.2 Å². The van der Waals surface area contributed by atoms with Gasteiger partial charge in [0.05, 0.1) is 0 Å². The van der Waals surface area contributed by atoms with Crippen LogP contribution in [0.2, 0.25) is 0 Å². The van der Waals surface area contributed by atoms with Gasteiger partial charge in [-0.15, -0.1) is 0 Å². The molecule has 2 nitrogen and oxygen atoms in total. The van der Waals surface area contributed by atoms with Gasteiger partial charge in [-0.3, -0.25) is 0 Å². The molecule has 0 radical (unpaired) electrons. The van der Waals surface area contributed by atoms with Gasteiger partial charge in [0.25, 0.3) is 0 Å². The maximum atomic E-state index is 12.8. The van der Waals surface area contributed by atoms with Crippen molar-refractivity contribution in [2.75, 3.05) is 20.1 Å². The predicted molar refractivity (Wildman–Crippen MR) is 56.5 cm³/mol. The number of hydrogen-bond acceptors (Lipinski definition) is 2. The third-order valence-corrected chi connectivity index (χ3v) is 2.26. The molecular weight excluding hydrogens is 179 g/mol. The molecule has 0 amide bonds. The molecule has 0 aliphatic heterocycles. The van der Waals surface area contributed by atoms with Gasteiger partial charge in [-0.1, -0.05) is 6.07 Å². The highest BCUT2D eigenvalue weighted by molar-refractivity contribution is 5.26. The molecule has 3 heteroatoms. The van der Waals surface area contributed by atoms with Crippen LogP contribution in [0.5, 0.6) is 0 Å². The Balaban J connectivity index is 2.67. The molecular formula is C11H17FN2. The number of nitrogens with two attached hydrogens (primary N) is 1. The van der Waals surface area contributed by atoms with Gasteiger partial charge in [0, 0.05) is 19.6 Å². The second-order valence-corrected chi connectivity index (χ2v) is 3.60. The molecule has 0 bridgehead atoms. The van der Waals surface area contributed by atoms with Crippen molar-refractivity contribution in [2.24, 2.45) is 5.73 Å². The monoisotopic (exact) mass is 196 g/mol. The summed E-state index contributed by atoms with van der Waals surface area (Å²) < 4.78 is 12.8. The second kappa shape index (κ2) is 5.08. The van der Waals surface area contributed by atoms with Gasteiger partial charge in [-0.05, 0) is 37.2 Å². The normalized spacial score (nSPS) is 10.9. The molecule has 1 aromatic rings. The summed E-state index contributed by atoms with van der Waals surface area (Å²) >= 11 is 0. The number of halogens is 1. The summed E-state index contributed by atoms with van der Waals surface area (Å²) in [5.74, 6) is -0.173. The molecule has 0 atom stereocenters. The smallest absolute Gasteiger partial charge is 0.123 e. The van der Waals surface area contributed by atoms with Gasteiger partial charge < -0.3 is 10.6 Å². The zero-order chi connectivity index (χ0) is 10.6. The molecule has 2 N–H and O–H groups in total. The molecule has 0 spiro atoms. The minimum Gasteiger partial charge on any atom is -0.329 e. The van der Waals surface area contributed by atoms with E-state index in [4.69, 9.17) is 5.73 Å². The van der Waals surface area contributed by atoms with E-state index < -0.39 is 0 Å². The van der Waals surface area contributed by atoms with E-state index in [2.05, 4.69) is 4.90 Å². The summed E-state index contributed by atoms with van der Waals surface area (Å²) in [5, 5.41) is 0. The maximum Gasteiger partial charge on any atom is 0.123 e. The van der Waals surface area contributed by atoms with Gasteiger partial charge in [0.1, 0.15) is 5.82 Å². The van der Waals surface area contributed by atoms with E-state index in [1.807, 2.05) is 20.0 Å². The molecule has 14 heavy (non-hydrogen) atoms. The molecule has 0 aromatic heterocycles. The fourth-order valence-corrected chi connectivity index (χ4v) is 1.43. The first-order valence-electron chi connectivity index (χ1n) is 4.77. The Morgan fingerprint density at radius 1 is 1.43 bits per heavy atom. The van der Waals surface area contributed by atoms with Crippen molar-refractivity contribution in [1.29, 1.82) is 0 Å². The van der Waals surface area contributed by atoms with Crippen molar-refractivity contribution >= 4 is 0 Å². The van der Waals surface area contributed by atoms with Crippen molar-refractivity contribution in [1.82, 2.24) is 4.90 Å². The standard InChI is InChI=1S/C11H17FN2/c1-9-7-11(12)4-3-10(9)8-14(2)6-5-13/h3-4,7H,5-6,8,13H2,1-2H3. The number of rotatable bonds is 4. The Hall–Kier alpha value is -0.930. The summed E-state index contributed by atoms with van der Waals surface area (Å²) in [6.07, 6.45) is 0. The lowest BCUT2D eigenvalue weighted by atomic mass is 10.1. The van der Waals surface area contributed by atoms with Crippen molar-refractivity contribution in [3.63, 3.8) is 0 Å². The molecule has 0 saturated heterocycles. The Morgan fingerprint density at radius 2 is 2.14 bits per heavy atom. The lowest BCUT2D eigenvalue weighted by Gasteiger charge is -2.16. The van der Waals surface area contributed by atoms with Gasteiger partial charge in [-0.2, -0.15) is 0 Å². The van der Waals surface area contributed by atoms with Crippen molar-refractivity contribution in [3.05, 3.63) is 35.1 Å². The summed E-state index contributed by atoms with van der Waals surface area (Å²) in [5.41, 5.74) is 7.59. The minimum atomic E-state index is -0.173. The number of aryl methyl sites for hydroxylation is 1. The highest BCUT2D eigenvalue weighted by atomic mass is 19.1. The zero-order valence-corrected chi connectivity index (χ0v) is 8.76. The van der Waals surface area contributed by atoms with Gasteiger partial charge in [0.2, 0.25) is 0 Å². The SMILES string of the molecule is Cc1cc(F)ccc1CN(C)CCN. The molecule has 0 fully saturated rings. The van der Waals surface area contributed by atoms with Crippen LogP contribution in [-0.4, -0.2) is 25.0 Å². The lowest BCUT2D eigenvalue weighted by Crippen LogP contribution is -2.25. The van der Waals surface area contributed by atoms with Gasteiger partial charge >= 0.3 is 0 Å². The largest absolute Gasteiger partial charge is 0.329 e. The molecule has 0 heterocycles. The van der Waals surface area contributed by atoms with Gasteiger partial charge in [-0.25, -0.2) is 4.39 Å². The van der Waals surface area contributed by atoms with E-state index in [0.29, 0.717) is 6.54 Å². The fraction of sp³-hybridized carbons (Fsp3) is 0.455. The van der Waals surface area contributed by atoms with Crippen molar-refractivity contribution in [3.8, 4) is 0 Å². The third-order valence-electron chi connectivity index (χ3n) is 2.26. The fourth-order valence-electron chi connectivity index (χ4n) is 1.43. The number of likely N-dealkylation sites (N-methyl/N-ethyl adjacent to an activating group) is 1. The molecule has 1 aromatic carbocycles. The molecule has 1 rings (SSSR count). The van der Waals surface area contributed by atoms with E-state index in [1.54, 1.807) is 6.07 Å². The van der Waals surface area contributed by atoms with E-state index >= 15 is 0 Å². The molecule has 0 saturated carbocycles. The highest BCUT2D eigenvalue weighted by Gasteiger charge is 2.03. The Bertz CT molecular complexity index is 299. The Labute approximate surface area is 84.5 Å². The highest BCUT2D eigenvalue weighted by Crippen LogP contribution is 2.11. The average molecular weight is 196 g/mol. The van der Waals surface area contributed by atoms with Crippen LogP contribution in [0, 0.1) is 12.7 Å². The third kappa shape index (κ3) is 3.09. The van der Waals surface area contributed by atoms with E-state index in [1.165, 1.54) is 6.07 Å². The predicted octanol–water partition coefficient (Wildman–Crippen LogP) is 1.52. The van der Waals surface area contributed by atoms with E-state index in [9.17, 15) is 4.39 Å². The molecule has 0 aliphatic carbocycles. The van der Waals surface area contributed by atoms with Crippen molar-refractivity contribution in [2.45, 2.75) is 13.5 Å². The first-order valence-corrected chi connectivity index (χ1v) is 4.77. The molecule has 78 valence electrons. The van der Waals surface area contributed by atoms with Crippen LogP contribution in [0.3, 0.4) is 0 Å². The first kappa shape index (κ1) is 11.1. The Morgan fingerprint density at radius 3 is 2.71 bits per heavy atom. The number of benzene rings is 1. The topological polar surface area (TPSA) is 29.3 Å². The van der Waals surface area contributed by atoms with Crippen LogP contribution in [0.1, 0.15) is 11.1 Å². The van der Waals surface area contributed by atoms with Crippen molar-refractivity contribution < 1.29 is 4.39 Å². The van der Waals surface area contributed by atoms with Crippen LogP contribution in [-0.2, 0) is 6.54 Å². The quantitative estimate of drug-likeness (QED) is 0.791. The first-order chi connectivity index (χ1) is 6.63. The van der Waals surface area contributed by atoms with Gasteiger partial charge in [0.15, 0.2) is 0 Å². The second-order valence-electron chi connectivity index (χ2n) is 3.60. The summed E-state index contributed by atoms with van der Waals surface area (Å²) in [6, 6.07) is 4.89. The molecule has 0 unspecified atom stereocenters. The lowest BCUT2D eigenvalue weighted by molar-refractivity contribution is 0.335. The number of hydrogen-bond donors (Lipinski definition) is 1. The van der Waals surface area contributed by atoms with Crippen LogP contribution in [0.4, 0.5) is 4.39 Å². The summed E-state index contributed by atoms with van der Waals surface area (Å²) in [4.78, 5) is 2.13. The Kier molecular flexibility index (Phi) is 4.04.